The maximum absolute atomic E-state index is 13.6. The molecule has 0 bridgehead atoms. The van der Waals surface area contributed by atoms with Gasteiger partial charge in [0.1, 0.15) is 0 Å². The number of benzene rings is 2. The van der Waals surface area contributed by atoms with E-state index >= 15 is 0 Å². The highest BCUT2D eigenvalue weighted by Crippen LogP contribution is 2.45. The van der Waals surface area contributed by atoms with Crippen LogP contribution in [-0.4, -0.2) is 84.5 Å². The van der Waals surface area contributed by atoms with Crippen molar-refractivity contribution in [3.8, 4) is 11.1 Å². The predicted molar refractivity (Wildman–Crippen MR) is 135 cm³/mol. The Morgan fingerprint density at radius 1 is 0.649 bits per heavy atom. The molecular weight excluding hydrogens is 540 g/mol. The van der Waals surface area contributed by atoms with E-state index in [4.69, 9.17) is 9.47 Å². The number of sulfonamides is 2. The Morgan fingerprint density at radius 3 is 1.30 bits per heavy atom. The van der Waals surface area contributed by atoms with Crippen LogP contribution < -0.4 is 0 Å². The molecule has 0 N–H and O–H groups in total. The number of morpholine rings is 2. The number of sulfone groups is 1. The second-order valence-electron chi connectivity index (χ2n) is 9.96. The molecule has 4 atom stereocenters. The molecule has 0 amide bonds. The average Bonchev–Trinajstić information content (AvgIpc) is 3.04. The van der Waals surface area contributed by atoms with Crippen LogP contribution in [0, 0.1) is 0 Å². The third kappa shape index (κ3) is 4.15. The molecule has 0 aliphatic carbocycles. The summed E-state index contributed by atoms with van der Waals surface area (Å²) in [6.07, 6.45) is 0. The SMILES string of the molecule is CC1COCC(C)N1S(=O)(=O)c1ccc2c(c1)S(=O)(=O)c1cc(S(=O)(=O)N3C(C)COCC3C)ccc1-2. The van der Waals surface area contributed by atoms with E-state index in [1.165, 1.54) is 45.0 Å². The van der Waals surface area contributed by atoms with Crippen molar-refractivity contribution in [3.63, 3.8) is 0 Å². The van der Waals surface area contributed by atoms with Gasteiger partial charge in [-0.25, -0.2) is 25.3 Å². The fourth-order valence-corrected chi connectivity index (χ4v) is 11.0. The number of rotatable bonds is 4. The van der Waals surface area contributed by atoms with E-state index in [2.05, 4.69) is 0 Å². The average molecular weight is 571 g/mol. The van der Waals surface area contributed by atoms with Crippen LogP contribution >= 0.6 is 0 Å². The monoisotopic (exact) mass is 570 g/mol. The van der Waals surface area contributed by atoms with Gasteiger partial charge in [0.15, 0.2) is 0 Å². The molecule has 2 fully saturated rings. The Labute approximate surface area is 218 Å². The minimum absolute atomic E-state index is 0.132. The molecule has 0 spiro atoms. The lowest BCUT2D eigenvalue weighted by atomic mass is 10.1. The molecule has 13 heteroatoms. The fourth-order valence-electron chi connectivity index (χ4n) is 5.51. The topological polar surface area (TPSA) is 127 Å². The Morgan fingerprint density at radius 2 is 0.973 bits per heavy atom. The molecule has 10 nitrogen and oxygen atoms in total. The minimum atomic E-state index is -4.16. The molecule has 3 heterocycles. The maximum Gasteiger partial charge on any atom is 0.243 e. The van der Waals surface area contributed by atoms with Crippen molar-refractivity contribution in [2.45, 2.75) is 71.4 Å². The quantitative estimate of drug-likeness (QED) is 0.467. The summed E-state index contributed by atoms with van der Waals surface area (Å²) in [5.41, 5.74) is 0.683. The number of nitrogens with zero attached hydrogens (tertiary/aromatic N) is 2. The second-order valence-corrected chi connectivity index (χ2v) is 15.5. The van der Waals surface area contributed by atoms with Crippen molar-refractivity contribution in [1.29, 1.82) is 0 Å². The van der Waals surface area contributed by atoms with Crippen molar-refractivity contribution >= 4 is 29.9 Å². The zero-order valence-corrected chi connectivity index (χ0v) is 23.4. The van der Waals surface area contributed by atoms with Gasteiger partial charge in [-0.1, -0.05) is 12.1 Å². The first-order chi connectivity index (χ1) is 17.3. The van der Waals surface area contributed by atoms with E-state index in [0.717, 1.165) is 0 Å². The zero-order chi connectivity index (χ0) is 26.9. The molecule has 3 aliphatic heterocycles. The molecule has 3 aliphatic rings. The van der Waals surface area contributed by atoms with E-state index in [1.807, 2.05) is 0 Å². The van der Waals surface area contributed by atoms with Crippen molar-refractivity contribution < 1.29 is 34.7 Å². The molecule has 5 rings (SSSR count). The predicted octanol–water partition coefficient (Wildman–Crippen LogP) is 2.10. The van der Waals surface area contributed by atoms with Crippen LogP contribution in [0.5, 0.6) is 0 Å². The molecule has 2 aromatic carbocycles. The molecule has 202 valence electrons. The van der Waals surface area contributed by atoms with Gasteiger partial charge in [0.2, 0.25) is 29.9 Å². The van der Waals surface area contributed by atoms with E-state index in [9.17, 15) is 25.3 Å². The summed E-state index contributed by atoms with van der Waals surface area (Å²) in [4.78, 5) is -0.571. The van der Waals surface area contributed by atoms with Gasteiger partial charge < -0.3 is 9.47 Å². The maximum atomic E-state index is 13.6. The van der Waals surface area contributed by atoms with Crippen molar-refractivity contribution in [1.82, 2.24) is 8.61 Å². The standard InChI is InChI=1S/C24H30N2O8S3/c1-15-11-33-12-16(2)25(15)36(29,30)19-5-7-21-22-8-6-20(10-24(22)35(27,28)23(21)9-19)37(31,32)26-17(3)13-34-14-18(26)4/h5-10,15-18H,11-14H2,1-4H3. The first kappa shape index (κ1) is 26.7. The van der Waals surface area contributed by atoms with Crippen LogP contribution in [0.2, 0.25) is 0 Å². The van der Waals surface area contributed by atoms with E-state index < -0.39 is 54.1 Å². The number of ether oxygens (including phenoxy) is 2. The molecule has 4 unspecified atom stereocenters. The lowest BCUT2D eigenvalue weighted by molar-refractivity contribution is 0.00634. The number of hydrogen-bond acceptors (Lipinski definition) is 8. The molecule has 37 heavy (non-hydrogen) atoms. The van der Waals surface area contributed by atoms with Gasteiger partial charge in [-0.2, -0.15) is 8.61 Å². The summed E-state index contributed by atoms with van der Waals surface area (Å²) in [6.45, 7) is 7.95. The summed E-state index contributed by atoms with van der Waals surface area (Å²) >= 11 is 0. The van der Waals surface area contributed by atoms with Crippen molar-refractivity contribution in [2.24, 2.45) is 0 Å². The minimum Gasteiger partial charge on any atom is -0.378 e. The summed E-state index contributed by atoms with van der Waals surface area (Å²) in [5, 5.41) is 0. The van der Waals surface area contributed by atoms with Crippen molar-refractivity contribution in [2.75, 3.05) is 26.4 Å². The van der Waals surface area contributed by atoms with Crippen LogP contribution in [-0.2, 0) is 39.4 Å². The Kier molecular flexibility index (Phi) is 6.58. The molecule has 2 saturated heterocycles. The number of hydrogen-bond donors (Lipinski definition) is 0. The largest absolute Gasteiger partial charge is 0.378 e. The van der Waals surface area contributed by atoms with Crippen LogP contribution in [0.15, 0.2) is 56.0 Å². The van der Waals surface area contributed by atoms with Gasteiger partial charge in [0, 0.05) is 35.3 Å². The summed E-state index contributed by atoms with van der Waals surface area (Å²) in [6, 6.07) is 6.46. The second kappa shape index (κ2) is 9.11. The zero-order valence-electron chi connectivity index (χ0n) is 21.0. The Bertz CT molecular complexity index is 1440. The van der Waals surface area contributed by atoms with Crippen LogP contribution in [0.1, 0.15) is 27.7 Å². The molecule has 0 aromatic heterocycles. The highest BCUT2D eigenvalue weighted by atomic mass is 32.2. The lowest BCUT2D eigenvalue weighted by Crippen LogP contribution is -2.52. The molecule has 0 saturated carbocycles. The fraction of sp³-hybridized carbons (Fsp3) is 0.500. The van der Waals surface area contributed by atoms with Crippen LogP contribution in [0.3, 0.4) is 0 Å². The smallest absolute Gasteiger partial charge is 0.243 e. The molecular formula is C24H30N2O8S3. The summed E-state index contributed by atoms with van der Waals surface area (Å²) in [5.74, 6) is 0. The first-order valence-corrected chi connectivity index (χ1v) is 16.4. The Balaban J connectivity index is 1.57. The Hall–Kier alpha value is -1.87. The lowest BCUT2D eigenvalue weighted by Gasteiger charge is -2.37. The van der Waals surface area contributed by atoms with Crippen LogP contribution in [0.25, 0.3) is 11.1 Å². The summed E-state index contributed by atoms with van der Waals surface area (Å²) < 4.78 is 94.7. The van der Waals surface area contributed by atoms with Gasteiger partial charge in [0.25, 0.3) is 0 Å². The summed E-state index contributed by atoms with van der Waals surface area (Å²) in [7, 11) is -12.2. The highest BCUT2D eigenvalue weighted by Gasteiger charge is 2.41. The molecule has 2 aromatic rings. The van der Waals surface area contributed by atoms with Gasteiger partial charge in [0.05, 0.1) is 46.0 Å². The third-order valence-electron chi connectivity index (χ3n) is 7.10. The number of fused-ring (bicyclic) bond motifs is 3. The third-order valence-corrected chi connectivity index (χ3v) is 13.2. The van der Waals surface area contributed by atoms with Gasteiger partial charge in [-0.05, 0) is 52.0 Å². The molecule has 0 radical (unpaired) electrons. The van der Waals surface area contributed by atoms with E-state index in [-0.39, 0.29) is 46.0 Å². The first-order valence-electron chi connectivity index (χ1n) is 12.0. The van der Waals surface area contributed by atoms with Crippen molar-refractivity contribution in [3.05, 3.63) is 36.4 Å². The van der Waals surface area contributed by atoms with E-state index in [0.29, 0.717) is 11.1 Å². The van der Waals surface area contributed by atoms with Gasteiger partial charge in [-0.3, -0.25) is 0 Å². The van der Waals surface area contributed by atoms with E-state index in [1.54, 1.807) is 27.7 Å². The normalized spacial score (nSPS) is 28.5. The van der Waals surface area contributed by atoms with Gasteiger partial charge in [-0.15, -0.1) is 0 Å². The van der Waals surface area contributed by atoms with Gasteiger partial charge >= 0.3 is 0 Å². The van der Waals surface area contributed by atoms with Crippen LogP contribution in [0.4, 0.5) is 0 Å². The highest BCUT2D eigenvalue weighted by molar-refractivity contribution is 7.92.